The van der Waals surface area contributed by atoms with E-state index in [1.54, 1.807) is 0 Å². The molecule has 1 rings (SSSR count). The summed E-state index contributed by atoms with van der Waals surface area (Å²) in [6.45, 7) is 0. The molecule has 0 N–H and O–H groups in total. The second-order valence-corrected chi connectivity index (χ2v) is 2.48. The molecule has 1 aromatic heterocycles. The number of nitrogens with zero attached hydrogens (tertiary/aromatic N) is 3. The van der Waals surface area contributed by atoms with Crippen molar-refractivity contribution in [1.29, 1.82) is 0 Å². The van der Waals surface area contributed by atoms with Gasteiger partial charge in [0.25, 0.3) is 0 Å². The lowest BCUT2D eigenvalue weighted by atomic mass is 10.2. The van der Waals surface area contributed by atoms with Crippen molar-refractivity contribution < 1.29 is 18.0 Å². The minimum absolute atomic E-state index is 0.0184. The molecule has 4 nitrogen and oxygen atoms in total. The number of carbonyl (C=O) groups excluding carboxylic acids is 1. The fourth-order valence-electron chi connectivity index (χ4n) is 0.741. The first-order valence-corrected chi connectivity index (χ1v) is 3.35. The van der Waals surface area contributed by atoms with Crippen LogP contribution in [0.3, 0.4) is 0 Å². The van der Waals surface area contributed by atoms with Gasteiger partial charge >= 0.3 is 6.18 Å². The van der Waals surface area contributed by atoms with E-state index in [4.69, 9.17) is 0 Å². The summed E-state index contributed by atoms with van der Waals surface area (Å²) in [7, 11) is 1.51. The van der Waals surface area contributed by atoms with Crippen LogP contribution in [0, 0.1) is 0 Å². The van der Waals surface area contributed by atoms with E-state index in [9.17, 15) is 18.0 Å². The van der Waals surface area contributed by atoms with Gasteiger partial charge in [-0.1, -0.05) is 5.21 Å². The van der Waals surface area contributed by atoms with Gasteiger partial charge in [0.05, 0.1) is 12.1 Å². The van der Waals surface area contributed by atoms with Gasteiger partial charge in [-0.15, -0.1) is 5.10 Å². The van der Waals surface area contributed by atoms with E-state index < -0.39 is 18.4 Å². The van der Waals surface area contributed by atoms with Crippen LogP contribution in [-0.2, 0) is 18.3 Å². The van der Waals surface area contributed by atoms with Crippen molar-refractivity contribution in [3.8, 4) is 0 Å². The predicted octanol–water partition coefficient (Wildman–Crippen LogP) is 0.489. The number of Topliss-reactive ketones (excluding diaryl/α,β-unsaturated/α-hetero) is 1. The van der Waals surface area contributed by atoms with Gasteiger partial charge in [-0.3, -0.25) is 9.48 Å². The normalized spacial score (nSPS) is 11.7. The van der Waals surface area contributed by atoms with Crippen molar-refractivity contribution in [2.75, 3.05) is 0 Å². The lowest BCUT2D eigenvalue weighted by molar-refractivity contribution is -0.170. The highest BCUT2D eigenvalue weighted by Gasteiger charge is 2.38. The van der Waals surface area contributed by atoms with Gasteiger partial charge in [-0.05, 0) is 0 Å². The molecule has 0 aliphatic carbocycles. The summed E-state index contributed by atoms with van der Waals surface area (Å²) in [5.74, 6) is -1.81. The van der Waals surface area contributed by atoms with Crippen LogP contribution in [0.15, 0.2) is 6.20 Å². The van der Waals surface area contributed by atoms with E-state index in [2.05, 4.69) is 10.3 Å². The van der Waals surface area contributed by atoms with Crippen LogP contribution in [0.5, 0.6) is 0 Å². The van der Waals surface area contributed by atoms with Gasteiger partial charge in [0.2, 0.25) is 5.78 Å². The molecule has 0 unspecified atom stereocenters. The zero-order valence-electron chi connectivity index (χ0n) is 6.67. The smallest absolute Gasteiger partial charge is 0.289 e. The van der Waals surface area contributed by atoms with E-state index in [-0.39, 0.29) is 5.69 Å². The molecule has 7 heteroatoms. The Labute approximate surface area is 71.3 Å². The fourth-order valence-corrected chi connectivity index (χ4v) is 0.741. The zero-order valence-corrected chi connectivity index (χ0v) is 6.67. The van der Waals surface area contributed by atoms with Crippen molar-refractivity contribution >= 4 is 5.78 Å². The Morgan fingerprint density at radius 2 is 2.23 bits per heavy atom. The van der Waals surface area contributed by atoms with Gasteiger partial charge < -0.3 is 0 Å². The van der Waals surface area contributed by atoms with Crippen LogP contribution >= 0.6 is 0 Å². The summed E-state index contributed by atoms with van der Waals surface area (Å²) >= 11 is 0. The van der Waals surface area contributed by atoms with Gasteiger partial charge in [-0.2, -0.15) is 13.2 Å². The second kappa shape index (κ2) is 3.15. The molecule has 0 fully saturated rings. The van der Waals surface area contributed by atoms with Crippen LogP contribution in [0.25, 0.3) is 0 Å². The molecule has 1 aromatic rings. The maximum Gasteiger partial charge on any atom is 0.450 e. The molecule has 72 valence electrons. The molecule has 0 atom stereocenters. The topological polar surface area (TPSA) is 47.8 Å². The maximum atomic E-state index is 11.7. The third kappa shape index (κ3) is 2.53. The van der Waals surface area contributed by atoms with Crippen LogP contribution < -0.4 is 0 Å². The molecule has 0 amide bonds. The molecular weight excluding hydrogens is 187 g/mol. The fraction of sp³-hybridized carbons (Fsp3) is 0.500. The quantitative estimate of drug-likeness (QED) is 0.686. The van der Waals surface area contributed by atoms with Crippen molar-refractivity contribution in [2.24, 2.45) is 7.05 Å². The summed E-state index contributed by atoms with van der Waals surface area (Å²) in [5.41, 5.74) is 0.0184. The van der Waals surface area contributed by atoms with Crippen LogP contribution in [-0.4, -0.2) is 27.0 Å². The molecule has 0 aliphatic heterocycles. The number of aryl methyl sites for hydroxylation is 1. The number of ketones is 1. The molecule has 0 spiro atoms. The summed E-state index contributed by atoms with van der Waals surface area (Å²) in [6.07, 6.45) is -4.28. The lowest BCUT2D eigenvalue weighted by Crippen LogP contribution is -2.24. The number of aromatic nitrogens is 3. The first kappa shape index (κ1) is 9.69. The molecule has 0 saturated carbocycles. The highest BCUT2D eigenvalue weighted by molar-refractivity contribution is 5.85. The van der Waals surface area contributed by atoms with Gasteiger partial charge in [0.1, 0.15) is 0 Å². The van der Waals surface area contributed by atoms with Crippen molar-refractivity contribution in [1.82, 2.24) is 15.0 Å². The minimum atomic E-state index is -4.79. The first-order valence-electron chi connectivity index (χ1n) is 3.35. The SMILES string of the molecule is Cn1cc(CC(=O)C(F)(F)F)nn1. The van der Waals surface area contributed by atoms with Crippen molar-refractivity contribution in [3.63, 3.8) is 0 Å². The molecule has 13 heavy (non-hydrogen) atoms. The standard InChI is InChI=1S/C6H6F3N3O/c1-12-3-4(10-11-12)2-5(13)6(7,8)9/h3H,2H2,1H3. The summed E-state index contributed by atoms with van der Waals surface area (Å²) in [6, 6.07) is 0. The Balaban J connectivity index is 2.65. The van der Waals surface area contributed by atoms with E-state index in [0.717, 1.165) is 0 Å². The number of hydrogen-bond donors (Lipinski definition) is 0. The third-order valence-electron chi connectivity index (χ3n) is 1.31. The van der Waals surface area contributed by atoms with Gasteiger partial charge in [0.15, 0.2) is 0 Å². The van der Waals surface area contributed by atoms with E-state index in [0.29, 0.717) is 0 Å². The van der Waals surface area contributed by atoms with Crippen molar-refractivity contribution in [2.45, 2.75) is 12.6 Å². The Hall–Kier alpha value is -1.40. The maximum absolute atomic E-state index is 11.7. The molecule has 1 heterocycles. The van der Waals surface area contributed by atoms with E-state index >= 15 is 0 Å². The number of halogens is 3. The average molecular weight is 193 g/mol. The Morgan fingerprint density at radius 3 is 2.62 bits per heavy atom. The monoisotopic (exact) mass is 193 g/mol. The Morgan fingerprint density at radius 1 is 1.62 bits per heavy atom. The third-order valence-corrected chi connectivity index (χ3v) is 1.31. The van der Waals surface area contributed by atoms with Crippen LogP contribution in [0.2, 0.25) is 0 Å². The number of carbonyl (C=O) groups is 1. The predicted molar refractivity (Wildman–Crippen MR) is 35.8 cm³/mol. The molecule has 0 radical (unpaired) electrons. The molecule has 0 aromatic carbocycles. The summed E-state index contributed by atoms with van der Waals surface area (Å²) in [4.78, 5) is 10.4. The highest BCUT2D eigenvalue weighted by atomic mass is 19.4. The van der Waals surface area contributed by atoms with Crippen molar-refractivity contribution in [3.05, 3.63) is 11.9 Å². The largest absolute Gasteiger partial charge is 0.450 e. The summed E-state index contributed by atoms with van der Waals surface area (Å²) < 4.78 is 36.4. The molecule has 0 aliphatic rings. The molecular formula is C6H6F3N3O. The van der Waals surface area contributed by atoms with Crippen LogP contribution in [0.1, 0.15) is 5.69 Å². The van der Waals surface area contributed by atoms with E-state index in [1.807, 2.05) is 0 Å². The highest BCUT2D eigenvalue weighted by Crippen LogP contribution is 2.17. The first-order chi connectivity index (χ1) is 5.89. The minimum Gasteiger partial charge on any atom is -0.289 e. The van der Waals surface area contributed by atoms with E-state index in [1.165, 1.54) is 17.9 Å². The lowest BCUT2D eigenvalue weighted by Gasteiger charge is -2.01. The zero-order chi connectivity index (χ0) is 10.1. The number of hydrogen-bond acceptors (Lipinski definition) is 3. The second-order valence-electron chi connectivity index (χ2n) is 2.48. The van der Waals surface area contributed by atoms with Gasteiger partial charge in [0, 0.05) is 13.2 Å². The average Bonchev–Trinajstić information content (AvgIpc) is 2.33. The molecule has 0 bridgehead atoms. The molecule has 0 saturated heterocycles. The number of alkyl halides is 3. The van der Waals surface area contributed by atoms with Crippen LogP contribution in [0.4, 0.5) is 13.2 Å². The summed E-state index contributed by atoms with van der Waals surface area (Å²) in [5, 5.41) is 6.76. The Bertz CT molecular complexity index is 317. The number of rotatable bonds is 2. The van der Waals surface area contributed by atoms with Gasteiger partial charge in [-0.25, -0.2) is 0 Å². The Kier molecular flexibility index (Phi) is 2.35.